The molecule has 1 unspecified atom stereocenters. The van der Waals surface area contributed by atoms with Gasteiger partial charge in [0.05, 0.1) is 7.11 Å². The lowest BCUT2D eigenvalue weighted by Gasteiger charge is -2.33. The molecular weight excluding hydrogens is 500 g/mol. The number of fused-ring (bicyclic) bond motifs is 2. The van der Waals surface area contributed by atoms with Crippen LogP contribution in [-0.2, 0) is 33.6 Å². The first-order valence-electron chi connectivity index (χ1n) is 15.4. The van der Waals surface area contributed by atoms with Gasteiger partial charge in [-0.2, -0.15) is 0 Å². The molecule has 1 fully saturated rings. The SMILES string of the molecule is CC.CCC(=O)OC.O=C(CCc1ccc2c(n1)NCCC2)N1CCC(CCC2CNc3ccccc3C2)CC1. The summed E-state index contributed by atoms with van der Waals surface area (Å²) in [4.78, 5) is 29.5. The maximum atomic E-state index is 12.8. The van der Waals surface area contributed by atoms with Crippen molar-refractivity contribution in [2.24, 2.45) is 11.8 Å². The Kier molecular flexibility index (Phi) is 13.3. The molecule has 3 aliphatic heterocycles. The molecule has 5 rings (SSSR count). The van der Waals surface area contributed by atoms with Gasteiger partial charge in [0.25, 0.3) is 0 Å². The maximum Gasteiger partial charge on any atom is 0.305 e. The van der Waals surface area contributed by atoms with Gasteiger partial charge in [-0.05, 0) is 86.5 Å². The van der Waals surface area contributed by atoms with Gasteiger partial charge in [-0.3, -0.25) is 9.59 Å². The van der Waals surface area contributed by atoms with E-state index < -0.39 is 0 Å². The van der Waals surface area contributed by atoms with Crippen LogP contribution in [-0.4, -0.2) is 55.0 Å². The van der Waals surface area contributed by atoms with Crippen LogP contribution in [0.25, 0.3) is 0 Å². The molecule has 0 saturated carbocycles. The van der Waals surface area contributed by atoms with E-state index in [4.69, 9.17) is 4.98 Å². The number of nitrogens with zero attached hydrogens (tertiary/aromatic N) is 2. The molecule has 0 aliphatic carbocycles. The molecule has 1 aromatic heterocycles. The van der Waals surface area contributed by atoms with Crippen molar-refractivity contribution in [2.45, 2.75) is 85.0 Å². The third kappa shape index (κ3) is 9.53. The summed E-state index contributed by atoms with van der Waals surface area (Å²) in [5.74, 6) is 2.67. The van der Waals surface area contributed by atoms with Crippen LogP contribution < -0.4 is 10.6 Å². The Bertz CT molecular complexity index is 1060. The number of ether oxygens (including phenoxy) is 1. The van der Waals surface area contributed by atoms with E-state index in [1.54, 1.807) is 6.92 Å². The number of piperidine rings is 1. The summed E-state index contributed by atoms with van der Waals surface area (Å²) in [6.45, 7) is 9.71. The number of carbonyl (C=O) groups is 2. The number of hydrogen-bond acceptors (Lipinski definition) is 6. The van der Waals surface area contributed by atoms with Gasteiger partial charge in [-0.1, -0.05) is 45.0 Å². The number of aryl methyl sites for hydroxylation is 2. The van der Waals surface area contributed by atoms with E-state index in [1.807, 2.05) is 13.8 Å². The van der Waals surface area contributed by atoms with Gasteiger partial charge >= 0.3 is 5.97 Å². The fraction of sp³-hybridized carbons (Fsp3) is 0.606. The van der Waals surface area contributed by atoms with Gasteiger partial charge in [0.2, 0.25) is 5.91 Å². The lowest BCUT2D eigenvalue weighted by molar-refractivity contribution is -0.140. The number of nitrogens with one attached hydrogen (secondary N) is 2. The number of amides is 1. The molecule has 2 N–H and O–H groups in total. The zero-order chi connectivity index (χ0) is 28.7. The highest BCUT2D eigenvalue weighted by Gasteiger charge is 2.25. The standard InChI is InChI=1S/C27H36N4O.C4H8O2.C2H6/c32-26(12-11-24-10-9-22-5-3-15-28-27(22)30-24)31-16-13-20(14-17-31)7-8-21-18-23-4-1-2-6-25(23)29-19-21;1-3-4(5)6-2;1-2/h1-2,4,6,9-10,20-21,29H,3,5,7-8,11-19H2,(H,28,30);3H2,1-2H3;1-2H3. The first-order chi connectivity index (χ1) is 19.6. The van der Waals surface area contributed by atoms with Crippen LogP contribution in [0.3, 0.4) is 0 Å². The van der Waals surface area contributed by atoms with Crippen LogP contribution >= 0.6 is 0 Å². The second-order valence-corrected chi connectivity index (χ2v) is 10.8. The third-order valence-corrected chi connectivity index (χ3v) is 8.12. The number of anilines is 2. The number of hydrogen-bond donors (Lipinski definition) is 2. The van der Waals surface area contributed by atoms with Crippen LogP contribution in [0.2, 0.25) is 0 Å². The molecular formula is C33H50N4O3. The number of methoxy groups -OCH3 is 1. The molecule has 3 aliphatic rings. The summed E-state index contributed by atoms with van der Waals surface area (Å²) in [7, 11) is 1.38. The van der Waals surface area contributed by atoms with E-state index in [9.17, 15) is 9.59 Å². The summed E-state index contributed by atoms with van der Waals surface area (Å²) in [6.07, 6.45) is 10.2. The molecule has 1 saturated heterocycles. The Morgan fingerprint density at radius 1 is 1.00 bits per heavy atom. The Balaban J connectivity index is 0.000000491. The number of likely N-dealkylation sites (tertiary alicyclic amines) is 1. The molecule has 4 heterocycles. The Labute approximate surface area is 241 Å². The van der Waals surface area contributed by atoms with E-state index in [0.717, 1.165) is 75.2 Å². The van der Waals surface area contributed by atoms with Crippen molar-refractivity contribution in [3.8, 4) is 0 Å². The number of rotatable bonds is 7. The largest absolute Gasteiger partial charge is 0.469 e. The number of carbonyl (C=O) groups excluding carboxylic acids is 2. The maximum absolute atomic E-state index is 12.8. The Hall–Kier alpha value is -3.09. The van der Waals surface area contributed by atoms with Gasteiger partial charge in [0.1, 0.15) is 5.82 Å². The zero-order valence-corrected chi connectivity index (χ0v) is 25.1. The molecule has 1 atom stereocenters. The number of para-hydroxylation sites is 1. The Morgan fingerprint density at radius 2 is 1.75 bits per heavy atom. The van der Waals surface area contributed by atoms with Crippen molar-refractivity contribution in [1.82, 2.24) is 9.88 Å². The summed E-state index contributed by atoms with van der Waals surface area (Å²) in [6, 6.07) is 13.0. The van der Waals surface area contributed by atoms with Crippen molar-refractivity contribution < 1.29 is 14.3 Å². The van der Waals surface area contributed by atoms with E-state index in [1.165, 1.54) is 49.6 Å². The highest BCUT2D eigenvalue weighted by Crippen LogP contribution is 2.30. The molecule has 0 bridgehead atoms. The quantitative estimate of drug-likeness (QED) is 0.395. The normalized spacial score (nSPS) is 17.8. The van der Waals surface area contributed by atoms with Gasteiger partial charge in [0.15, 0.2) is 0 Å². The molecule has 7 nitrogen and oxygen atoms in total. The highest BCUT2D eigenvalue weighted by atomic mass is 16.5. The van der Waals surface area contributed by atoms with E-state index in [0.29, 0.717) is 18.7 Å². The molecule has 220 valence electrons. The Morgan fingerprint density at radius 3 is 2.48 bits per heavy atom. The zero-order valence-electron chi connectivity index (χ0n) is 25.1. The summed E-state index contributed by atoms with van der Waals surface area (Å²) < 4.78 is 4.26. The first kappa shape index (κ1) is 31.4. The molecule has 0 radical (unpaired) electrons. The highest BCUT2D eigenvalue weighted by molar-refractivity contribution is 5.76. The van der Waals surface area contributed by atoms with Crippen LogP contribution in [0.5, 0.6) is 0 Å². The summed E-state index contributed by atoms with van der Waals surface area (Å²) >= 11 is 0. The molecule has 1 aromatic carbocycles. The van der Waals surface area contributed by atoms with Crippen molar-refractivity contribution in [2.75, 3.05) is 43.9 Å². The lowest BCUT2D eigenvalue weighted by atomic mass is 9.85. The average Bonchev–Trinajstić information content (AvgIpc) is 3.03. The second kappa shape index (κ2) is 16.9. The second-order valence-electron chi connectivity index (χ2n) is 10.8. The van der Waals surface area contributed by atoms with Crippen molar-refractivity contribution in [1.29, 1.82) is 0 Å². The number of esters is 1. The lowest BCUT2D eigenvalue weighted by Crippen LogP contribution is -2.38. The predicted octanol–water partition coefficient (Wildman–Crippen LogP) is 6.27. The van der Waals surface area contributed by atoms with Crippen molar-refractivity contribution in [3.05, 3.63) is 53.2 Å². The topological polar surface area (TPSA) is 83.6 Å². The van der Waals surface area contributed by atoms with Crippen LogP contribution in [0.15, 0.2) is 36.4 Å². The predicted molar refractivity (Wildman–Crippen MR) is 164 cm³/mol. The minimum absolute atomic E-state index is 0.157. The molecule has 2 aromatic rings. The molecule has 7 heteroatoms. The van der Waals surface area contributed by atoms with Crippen molar-refractivity contribution in [3.63, 3.8) is 0 Å². The van der Waals surface area contributed by atoms with Crippen molar-refractivity contribution >= 4 is 23.4 Å². The fourth-order valence-electron chi connectivity index (χ4n) is 5.70. The smallest absolute Gasteiger partial charge is 0.305 e. The van der Waals surface area contributed by atoms with Crippen LogP contribution in [0.4, 0.5) is 11.5 Å². The van der Waals surface area contributed by atoms with Gasteiger partial charge in [0, 0.05) is 50.4 Å². The van der Waals surface area contributed by atoms with Gasteiger partial charge in [-0.25, -0.2) is 4.98 Å². The van der Waals surface area contributed by atoms with Crippen LogP contribution in [0, 0.1) is 11.8 Å². The number of aromatic nitrogens is 1. The van der Waals surface area contributed by atoms with E-state index >= 15 is 0 Å². The fourth-order valence-corrected chi connectivity index (χ4v) is 5.70. The van der Waals surface area contributed by atoms with Gasteiger partial charge < -0.3 is 20.3 Å². The minimum Gasteiger partial charge on any atom is -0.469 e. The molecule has 40 heavy (non-hydrogen) atoms. The average molecular weight is 551 g/mol. The third-order valence-electron chi connectivity index (χ3n) is 8.12. The molecule has 0 spiro atoms. The molecule has 1 amide bonds. The summed E-state index contributed by atoms with van der Waals surface area (Å²) in [5, 5.41) is 6.99. The van der Waals surface area contributed by atoms with E-state index in [2.05, 4.69) is 56.7 Å². The van der Waals surface area contributed by atoms with Gasteiger partial charge in [-0.15, -0.1) is 0 Å². The van der Waals surface area contributed by atoms with E-state index in [-0.39, 0.29) is 5.97 Å². The monoisotopic (exact) mass is 550 g/mol. The summed E-state index contributed by atoms with van der Waals surface area (Å²) in [5.41, 5.74) is 5.12. The number of benzene rings is 1. The van der Waals surface area contributed by atoms with Crippen LogP contribution in [0.1, 0.15) is 82.5 Å². The minimum atomic E-state index is -0.157. The number of pyridine rings is 1. The first-order valence-corrected chi connectivity index (χ1v) is 15.4.